The Morgan fingerprint density at radius 2 is 1.47 bits per heavy atom. The molecule has 1 unspecified atom stereocenters. The number of nitrogens with zero attached hydrogens (tertiary/aromatic N) is 1. The third-order valence-electron chi connectivity index (χ3n) is 7.51. The van der Waals surface area contributed by atoms with E-state index in [1.54, 1.807) is 0 Å². The standard InChI is InChI=1S/C26H21N3O5/c30-16-10-9-15(23(31)24(16)32)29-14-8-4-2-6-12(14)18-20-19(25(33)28-26(20)34)17-11-5-1-3-7-13(11)27-21(17)22(18)29/h1-8,15-16,23-24,27,30-32H,9-10H2,(H,28,33,34)/t15?,16-,23-,24+/m0/s1. The molecular formula is C26H21N3O5. The van der Waals surface area contributed by atoms with E-state index in [1.165, 1.54) is 0 Å². The molecule has 3 aromatic carbocycles. The van der Waals surface area contributed by atoms with Crippen LogP contribution in [-0.2, 0) is 0 Å². The molecule has 0 radical (unpaired) electrons. The fourth-order valence-electron chi connectivity index (χ4n) is 6.04. The van der Waals surface area contributed by atoms with E-state index in [2.05, 4.69) is 10.3 Å². The van der Waals surface area contributed by atoms with Crippen LogP contribution in [0, 0.1) is 0 Å². The smallest absolute Gasteiger partial charge is 0.259 e. The van der Waals surface area contributed by atoms with E-state index in [-0.39, 0.29) is 0 Å². The van der Waals surface area contributed by atoms with Gasteiger partial charge in [0, 0.05) is 32.6 Å². The Kier molecular flexibility index (Phi) is 3.87. The van der Waals surface area contributed by atoms with Gasteiger partial charge in [0.05, 0.1) is 34.3 Å². The van der Waals surface area contributed by atoms with E-state index >= 15 is 0 Å². The van der Waals surface area contributed by atoms with Crippen molar-refractivity contribution in [3.05, 3.63) is 59.7 Å². The lowest BCUT2D eigenvalue weighted by Gasteiger charge is -2.36. The lowest BCUT2D eigenvalue weighted by atomic mass is 9.87. The highest BCUT2D eigenvalue weighted by molar-refractivity contribution is 6.39. The van der Waals surface area contributed by atoms with Gasteiger partial charge in [-0.05, 0) is 25.0 Å². The highest BCUT2D eigenvalue weighted by Gasteiger charge is 2.41. The third kappa shape index (κ3) is 2.32. The first-order valence-electron chi connectivity index (χ1n) is 11.4. The predicted octanol–water partition coefficient (Wildman–Crippen LogP) is 2.73. The molecule has 2 aromatic heterocycles. The van der Waals surface area contributed by atoms with Crippen LogP contribution in [0.4, 0.5) is 0 Å². The van der Waals surface area contributed by atoms with Crippen molar-refractivity contribution in [2.24, 2.45) is 0 Å². The quantitative estimate of drug-likeness (QED) is 0.248. The summed E-state index contributed by atoms with van der Waals surface area (Å²) in [6, 6.07) is 14.7. The zero-order valence-corrected chi connectivity index (χ0v) is 17.9. The summed E-state index contributed by atoms with van der Waals surface area (Å²) in [5, 5.41) is 37.0. The number of hydrogen-bond donors (Lipinski definition) is 5. The van der Waals surface area contributed by atoms with Crippen LogP contribution in [0.3, 0.4) is 0 Å². The van der Waals surface area contributed by atoms with Crippen molar-refractivity contribution in [3.8, 4) is 0 Å². The summed E-state index contributed by atoms with van der Waals surface area (Å²) in [6.45, 7) is 0. The molecule has 1 aliphatic heterocycles. The van der Waals surface area contributed by atoms with Gasteiger partial charge < -0.3 is 24.9 Å². The maximum absolute atomic E-state index is 13.1. The SMILES string of the molecule is O=C1NC(=O)c2c1c1c3ccccc3[nH]c1c1c2c2ccccc2n1C1CC[C@H](O)[C@@H](O)[C@H]1O. The number of imide groups is 1. The molecule has 1 saturated carbocycles. The van der Waals surface area contributed by atoms with E-state index in [0.29, 0.717) is 45.8 Å². The number of aromatic amines is 1. The van der Waals surface area contributed by atoms with Crippen molar-refractivity contribution in [2.45, 2.75) is 37.2 Å². The molecule has 0 bridgehead atoms. The maximum Gasteiger partial charge on any atom is 0.259 e. The number of hydrogen-bond acceptors (Lipinski definition) is 5. The van der Waals surface area contributed by atoms with Crippen LogP contribution >= 0.6 is 0 Å². The number of carbonyl (C=O) groups excluding carboxylic acids is 2. The fourth-order valence-corrected chi connectivity index (χ4v) is 6.04. The highest BCUT2D eigenvalue weighted by Crippen LogP contribution is 2.46. The highest BCUT2D eigenvalue weighted by atomic mass is 16.4. The Bertz CT molecular complexity index is 1700. The Balaban J connectivity index is 1.73. The number of benzene rings is 3. The molecule has 5 aromatic rings. The maximum atomic E-state index is 13.1. The van der Waals surface area contributed by atoms with Crippen molar-refractivity contribution < 1.29 is 24.9 Å². The van der Waals surface area contributed by atoms with Crippen molar-refractivity contribution in [3.63, 3.8) is 0 Å². The summed E-state index contributed by atoms with van der Waals surface area (Å²) in [7, 11) is 0. The molecule has 0 saturated heterocycles. The van der Waals surface area contributed by atoms with Gasteiger partial charge in [-0.1, -0.05) is 36.4 Å². The van der Waals surface area contributed by atoms with Gasteiger partial charge >= 0.3 is 0 Å². The van der Waals surface area contributed by atoms with Crippen molar-refractivity contribution >= 4 is 55.4 Å². The molecule has 3 heterocycles. The molecule has 2 amide bonds. The fraction of sp³-hybridized carbons (Fsp3) is 0.231. The molecule has 8 nitrogen and oxygen atoms in total. The molecular weight excluding hydrogens is 434 g/mol. The van der Waals surface area contributed by atoms with Gasteiger partial charge in [0.15, 0.2) is 0 Å². The minimum atomic E-state index is -1.28. The average molecular weight is 455 g/mol. The summed E-state index contributed by atoms with van der Waals surface area (Å²) < 4.78 is 1.97. The first-order chi connectivity index (χ1) is 16.5. The Labute approximate surface area is 192 Å². The Morgan fingerprint density at radius 3 is 2.26 bits per heavy atom. The van der Waals surface area contributed by atoms with E-state index in [1.807, 2.05) is 53.1 Å². The van der Waals surface area contributed by atoms with Gasteiger partial charge in [-0.25, -0.2) is 0 Å². The number of para-hydroxylation sites is 2. The number of rotatable bonds is 1. The summed E-state index contributed by atoms with van der Waals surface area (Å²) in [5.74, 6) is -0.871. The minimum Gasteiger partial charge on any atom is -0.390 e. The van der Waals surface area contributed by atoms with Gasteiger partial charge in [-0.15, -0.1) is 0 Å². The molecule has 1 fully saturated rings. The number of aromatic nitrogens is 2. The van der Waals surface area contributed by atoms with E-state index in [0.717, 1.165) is 21.8 Å². The second-order valence-electron chi connectivity index (χ2n) is 9.26. The number of nitrogens with one attached hydrogen (secondary N) is 2. The lowest BCUT2D eigenvalue weighted by Crippen LogP contribution is -2.47. The first kappa shape index (κ1) is 19.7. The summed E-state index contributed by atoms with van der Waals surface area (Å²) in [6.07, 6.45) is -2.72. The zero-order valence-electron chi connectivity index (χ0n) is 17.9. The Morgan fingerprint density at radius 1 is 0.794 bits per heavy atom. The molecule has 34 heavy (non-hydrogen) atoms. The number of amides is 2. The number of carbonyl (C=O) groups is 2. The van der Waals surface area contributed by atoms with Crippen molar-refractivity contribution in [1.82, 2.24) is 14.9 Å². The van der Waals surface area contributed by atoms with Crippen molar-refractivity contribution in [2.75, 3.05) is 0 Å². The van der Waals surface area contributed by atoms with Crippen LogP contribution in [0.2, 0.25) is 0 Å². The number of aliphatic hydroxyl groups excluding tert-OH is 3. The summed E-state index contributed by atoms with van der Waals surface area (Å²) >= 11 is 0. The Hall–Kier alpha value is -3.72. The second-order valence-corrected chi connectivity index (χ2v) is 9.26. The van der Waals surface area contributed by atoms with E-state index in [4.69, 9.17) is 0 Å². The van der Waals surface area contributed by atoms with Crippen LogP contribution in [0.25, 0.3) is 43.6 Å². The van der Waals surface area contributed by atoms with Crippen LogP contribution in [0.1, 0.15) is 39.6 Å². The van der Waals surface area contributed by atoms with Gasteiger partial charge in [0.25, 0.3) is 11.8 Å². The topological polar surface area (TPSA) is 128 Å². The molecule has 4 atom stereocenters. The lowest BCUT2D eigenvalue weighted by molar-refractivity contribution is -0.104. The van der Waals surface area contributed by atoms with Crippen molar-refractivity contribution in [1.29, 1.82) is 0 Å². The minimum absolute atomic E-state index is 0.330. The van der Waals surface area contributed by atoms with Gasteiger partial charge in [-0.3, -0.25) is 14.9 Å². The summed E-state index contributed by atoms with van der Waals surface area (Å²) in [4.78, 5) is 29.6. The number of H-pyrrole nitrogens is 1. The molecule has 170 valence electrons. The molecule has 8 heteroatoms. The molecule has 7 rings (SSSR count). The molecule has 0 spiro atoms. The van der Waals surface area contributed by atoms with Crippen LogP contribution in [0.5, 0.6) is 0 Å². The third-order valence-corrected chi connectivity index (χ3v) is 7.51. The van der Waals surface area contributed by atoms with Crippen LogP contribution in [0.15, 0.2) is 48.5 Å². The zero-order chi connectivity index (χ0) is 23.3. The largest absolute Gasteiger partial charge is 0.390 e. The molecule has 2 aliphatic rings. The van der Waals surface area contributed by atoms with Gasteiger partial charge in [-0.2, -0.15) is 0 Å². The number of aliphatic hydroxyl groups is 3. The summed E-state index contributed by atoms with van der Waals surface area (Å²) in [5.41, 5.74) is 3.69. The molecule has 1 aliphatic carbocycles. The van der Waals surface area contributed by atoms with E-state index < -0.39 is 36.2 Å². The van der Waals surface area contributed by atoms with E-state index in [9.17, 15) is 24.9 Å². The van der Waals surface area contributed by atoms with Gasteiger partial charge in [0.1, 0.15) is 12.2 Å². The molecule has 5 N–H and O–H groups in total. The monoisotopic (exact) mass is 455 g/mol. The van der Waals surface area contributed by atoms with Crippen LogP contribution in [-0.4, -0.2) is 55.0 Å². The number of fused-ring (bicyclic) bond motifs is 10. The van der Waals surface area contributed by atoms with Crippen LogP contribution < -0.4 is 5.32 Å². The normalized spacial score (nSPS) is 25.0. The predicted molar refractivity (Wildman–Crippen MR) is 127 cm³/mol. The second kappa shape index (κ2) is 6.66. The van der Waals surface area contributed by atoms with Gasteiger partial charge in [0.2, 0.25) is 0 Å². The first-order valence-corrected chi connectivity index (χ1v) is 11.4. The average Bonchev–Trinajstić information content (AvgIpc) is 3.47.